The maximum absolute atomic E-state index is 12.3. The van der Waals surface area contributed by atoms with Gasteiger partial charge < -0.3 is 15.5 Å². The van der Waals surface area contributed by atoms with E-state index in [1.165, 1.54) is 31.2 Å². The van der Waals surface area contributed by atoms with Crippen molar-refractivity contribution in [3.05, 3.63) is 78.9 Å². The average Bonchev–Trinajstić information content (AvgIpc) is 3.02. The SMILES string of the molecule is CCS(=O)(=O)c1ccc(/N=N/c2c(NCS(=O)(=O)O)ccc3c(O)c(/N=N/c4ccc5ccccc5c4O)ccc23)c(S(=O)(=O)O)c1. The van der Waals surface area contributed by atoms with Crippen molar-refractivity contribution in [2.24, 2.45) is 20.5 Å². The summed E-state index contributed by atoms with van der Waals surface area (Å²) in [4.78, 5) is -1.23. The molecule has 0 heterocycles. The van der Waals surface area contributed by atoms with Gasteiger partial charge in [0.1, 0.15) is 33.5 Å². The Morgan fingerprint density at radius 1 is 0.660 bits per heavy atom. The van der Waals surface area contributed by atoms with Gasteiger partial charge in [-0.2, -0.15) is 16.8 Å². The van der Waals surface area contributed by atoms with E-state index in [-0.39, 0.29) is 49.9 Å². The van der Waals surface area contributed by atoms with E-state index in [4.69, 9.17) is 0 Å². The molecule has 0 aromatic heterocycles. The van der Waals surface area contributed by atoms with Gasteiger partial charge in [-0.15, -0.1) is 20.5 Å². The molecule has 0 amide bonds. The summed E-state index contributed by atoms with van der Waals surface area (Å²) in [6.07, 6.45) is 0. The van der Waals surface area contributed by atoms with Crippen molar-refractivity contribution in [2.75, 3.05) is 16.9 Å². The van der Waals surface area contributed by atoms with Crippen LogP contribution in [0.2, 0.25) is 0 Å². The van der Waals surface area contributed by atoms with Crippen molar-refractivity contribution < 1.29 is 44.6 Å². The summed E-state index contributed by atoms with van der Waals surface area (Å²) in [5.74, 6) is -1.80. The minimum atomic E-state index is -4.99. The highest BCUT2D eigenvalue weighted by Gasteiger charge is 2.22. The number of sulfone groups is 1. The third-order valence-electron chi connectivity index (χ3n) is 6.92. The third kappa shape index (κ3) is 7.21. The summed E-state index contributed by atoms with van der Waals surface area (Å²) in [6.45, 7) is 1.35. The van der Waals surface area contributed by atoms with E-state index in [9.17, 15) is 44.6 Å². The summed E-state index contributed by atoms with van der Waals surface area (Å²) >= 11 is 0. The fourth-order valence-corrected chi connectivity index (χ4v) is 6.51. The molecule has 0 aliphatic rings. The van der Waals surface area contributed by atoms with Gasteiger partial charge >= 0.3 is 0 Å². The van der Waals surface area contributed by atoms with Crippen molar-refractivity contribution in [2.45, 2.75) is 16.7 Å². The number of anilines is 1. The van der Waals surface area contributed by atoms with Gasteiger partial charge in [0, 0.05) is 16.2 Å². The molecule has 0 saturated heterocycles. The molecule has 0 aliphatic heterocycles. The van der Waals surface area contributed by atoms with E-state index in [0.29, 0.717) is 5.39 Å². The van der Waals surface area contributed by atoms with Crippen molar-refractivity contribution in [3.8, 4) is 11.5 Å². The zero-order valence-electron chi connectivity index (χ0n) is 24.2. The average molecular weight is 700 g/mol. The first kappa shape index (κ1) is 33.4. The summed E-state index contributed by atoms with van der Waals surface area (Å²) in [5.41, 5.74) is -0.496. The Balaban J connectivity index is 1.62. The molecule has 47 heavy (non-hydrogen) atoms. The van der Waals surface area contributed by atoms with Crippen molar-refractivity contribution in [1.82, 2.24) is 0 Å². The third-order valence-corrected chi connectivity index (χ3v) is 10.0. The molecule has 244 valence electrons. The monoisotopic (exact) mass is 699 g/mol. The fourth-order valence-electron chi connectivity index (χ4n) is 4.54. The molecule has 5 aromatic carbocycles. The van der Waals surface area contributed by atoms with Crippen LogP contribution >= 0.6 is 0 Å². The number of nitrogens with one attached hydrogen (secondary N) is 1. The molecule has 0 saturated carbocycles. The maximum Gasteiger partial charge on any atom is 0.296 e. The van der Waals surface area contributed by atoms with Crippen LogP contribution in [0.4, 0.5) is 28.4 Å². The smallest absolute Gasteiger partial charge is 0.296 e. The van der Waals surface area contributed by atoms with Gasteiger partial charge in [0.15, 0.2) is 21.3 Å². The van der Waals surface area contributed by atoms with Crippen molar-refractivity contribution in [1.29, 1.82) is 0 Å². The first-order valence-electron chi connectivity index (χ1n) is 13.5. The van der Waals surface area contributed by atoms with Gasteiger partial charge in [0.05, 0.1) is 16.3 Å². The summed E-state index contributed by atoms with van der Waals surface area (Å²) in [7, 11) is -13.4. The van der Waals surface area contributed by atoms with E-state index in [2.05, 4.69) is 25.8 Å². The van der Waals surface area contributed by atoms with E-state index in [0.717, 1.165) is 23.6 Å². The Kier molecular flexibility index (Phi) is 8.98. The number of nitrogens with zero attached hydrogens (tertiary/aromatic N) is 4. The first-order valence-corrected chi connectivity index (χ1v) is 18.2. The molecule has 15 nitrogen and oxygen atoms in total. The molecule has 0 radical (unpaired) electrons. The Morgan fingerprint density at radius 2 is 1.26 bits per heavy atom. The lowest BCUT2D eigenvalue weighted by molar-refractivity contribution is 0.480. The fraction of sp³-hybridized carbons (Fsp3) is 0.103. The maximum atomic E-state index is 12.3. The normalized spacial score (nSPS) is 12.8. The van der Waals surface area contributed by atoms with Crippen LogP contribution in [0, 0.1) is 0 Å². The molecule has 0 aliphatic carbocycles. The van der Waals surface area contributed by atoms with Crippen LogP contribution in [-0.2, 0) is 30.1 Å². The molecule has 0 fully saturated rings. The minimum Gasteiger partial charge on any atom is -0.505 e. The Labute approximate surface area is 268 Å². The quantitative estimate of drug-likeness (QED) is 0.0774. The second kappa shape index (κ2) is 12.6. The zero-order valence-corrected chi connectivity index (χ0v) is 26.6. The lowest BCUT2D eigenvalue weighted by atomic mass is 10.1. The predicted molar refractivity (Wildman–Crippen MR) is 174 cm³/mol. The number of rotatable bonds is 10. The van der Waals surface area contributed by atoms with Crippen LogP contribution in [0.5, 0.6) is 11.5 Å². The Hall–Kier alpha value is -5.01. The zero-order chi connectivity index (χ0) is 34.1. The van der Waals surface area contributed by atoms with Crippen LogP contribution in [-0.4, -0.2) is 56.2 Å². The standard InChI is InChI=1S/C29H25N5O10S3/c1-2-45(37,38)18-8-12-22(26(15-18)47(42,43)44)31-34-27-20-9-14-25(29(36)21(20)10-13-23(27)30-16-46(39,40)41)33-32-24-11-7-17-5-3-4-6-19(17)28(24)35/h3-15,30,35-36H,2,16H2,1H3,(H,39,40,41)(H,42,43,44)/b33-32+,34-31+. The molecular formula is C29H25N5O10S3. The number of phenolic OH excluding ortho intramolecular Hbond substituents is 2. The van der Waals surface area contributed by atoms with Crippen LogP contribution in [0.1, 0.15) is 6.92 Å². The molecule has 5 aromatic rings. The largest absolute Gasteiger partial charge is 0.505 e. The molecule has 0 bridgehead atoms. The van der Waals surface area contributed by atoms with E-state index in [1.807, 2.05) is 12.1 Å². The number of fused-ring (bicyclic) bond motifs is 2. The van der Waals surface area contributed by atoms with Crippen LogP contribution in [0.15, 0.2) is 109 Å². The lowest BCUT2D eigenvalue weighted by Crippen LogP contribution is -2.13. The minimum absolute atomic E-state index is 0.0204. The number of hydrogen-bond donors (Lipinski definition) is 5. The molecule has 5 rings (SSSR count). The molecule has 0 atom stereocenters. The lowest BCUT2D eigenvalue weighted by Gasteiger charge is -2.12. The van der Waals surface area contributed by atoms with Gasteiger partial charge in [-0.05, 0) is 53.9 Å². The first-order chi connectivity index (χ1) is 22.1. The van der Waals surface area contributed by atoms with Gasteiger partial charge in [-0.1, -0.05) is 37.3 Å². The highest BCUT2D eigenvalue weighted by Crippen LogP contribution is 2.44. The number of benzene rings is 5. The molecule has 0 spiro atoms. The van der Waals surface area contributed by atoms with Gasteiger partial charge in [0.25, 0.3) is 20.2 Å². The van der Waals surface area contributed by atoms with Crippen LogP contribution in [0.3, 0.4) is 0 Å². The van der Waals surface area contributed by atoms with Crippen molar-refractivity contribution in [3.63, 3.8) is 0 Å². The topological polar surface area (TPSA) is 245 Å². The molecular weight excluding hydrogens is 675 g/mol. The Morgan fingerprint density at radius 3 is 1.91 bits per heavy atom. The predicted octanol–water partition coefficient (Wildman–Crippen LogP) is 6.53. The number of hydrogen-bond acceptors (Lipinski definition) is 13. The molecule has 0 unspecified atom stereocenters. The molecule has 18 heteroatoms. The van der Waals surface area contributed by atoms with E-state index >= 15 is 0 Å². The van der Waals surface area contributed by atoms with Gasteiger partial charge in [-0.25, -0.2) is 8.42 Å². The molecule has 5 N–H and O–H groups in total. The second-order valence-corrected chi connectivity index (χ2v) is 15.1. The van der Waals surface area contributed by atoms with Gasteiger partial charge in [0.2, 0.25) is 0 Å². The summed E-state index contributed by atoms with van der Waals surface area (Å²) in [6, 6.07) is 18.7. The van der Waals surface area contributed by atoms with Gasteiger partial charge in [-0.3, -0.25) is 9.11 Å². The number of phenols is 2. The van der Waals surface area contributed by atoms with E-state index < -0.39 is 52.3 Å². The van der Waals surface area contributed by atoms with E-state index in [1.54, 1.807) is 24.3 Å². The Bertz CT molecular complexity index is 2450. The summed E-state index contributed by atoms with van der Waals surface area (Å²) in [5, 5.41) is 41.9. The highest BCUT2D eigenvalue weighted by atomic mass is 32.2. The highest BCUT2D eigenvalue weighted by molar-refractivity contribution is 7.91. The van der Waals surface area contributed by atoms with Crippen molar-refractivity contribution >= 4 is 80.1 Å². The number of aromatic hydroxyl groups is 2. The number of azo groups is 2. The second-order valence-electron chi connectivity index (χ2n) is 9.96. The van der Waals surface area contributed by atoms with Crippen LogP contribution in [0.25, 0.3) is 21.5 Å². The summed E-state index contributed by atoms with van der Waals surface area (Å²) < 4.78 is 90.9. The van der Waals surface area contributed by atoms with Crippen LogP contribution < -0.4 is 5.32 Å².